The van der Waals surface area contributed by atoms with E-state index in [1.54, 1.807) is 0 Å². The molecule has 2 rings (SSSR count). The molecule has 1 aliphatic rings. The highest BCUT2D eigenvalue weighted by Gasteiger charge is 2.31. The van der Waals surface area contributed by atoms with Gasteiger partial charge in [0.25, 0.3) is 0 Å². The predicted octanol–water partition coefficient (Wildman–Crippen LogP) is 0.816. The minimum atomic E-state index is -0.480. The average Bonchev–Trinajstić information content (AvgIpc) is 2.94. The van der Waals surface area contributed by atoms with Crippen LogP contribution in [0, 0.1) is 0 Å². The second kappa shape index (κ2) is 6.91. The number of carbonyl (C=O) groups is 2. The van der Waals surface area contributed by atoms with Gasteiger partial charge in [-0.3, -0.25) is 4.79 Å². The molecule has 1 aromatic carbocycles. The molecule has 2 N–H and O–H groups in total. The van der Waals surface area contributed by atoms with E-state index in [9.17, 15) is 9.59 Å². The van der Waals surface area contributed by atoms with Crippen molar-refractivity contribution in [1.82, 2.24) is 10.6 Å². The molecule has 0 aromatic heterocycles. The van der Waals surface area contributed by atoms with E-state index in [2.05, 4.69) is 15.4 Å². The van der Waals surface area contributed by atoms with Crippen molar-refractivity contribution in [2.75, 3.05) is 13.7 Å². The molecule has 1 aliphatic heterocycles. The van der Waals surface area contributed by atoms with E-state index >= 15 is 0 Å². The fourth-order valence-electron chi connectivity index (χ4n) is 2.10. The van der Waals surface area contributed by atoms with Gasteiger partial charge >= 0.3 is 12.1 Å². The second-order valence-corrected chi connectivity index (χ2v) is 4.62. The maximum atomic E-state index is 11.6. The molecule has 2 unspecified atom stereocenters. The summed E-state index contributed by atoms with van der Waals surface area (Å²) in [6.45, 7) is 0.757. The summed E-state index contributed by atoms with van der Waals surface area (Å²) in [7, 11) is 1.35. The monoisotopic (exact) mass is 278 g/mol. The van der Waals surface area contributed by atoms with Crippen LogP contribution in [0.4, 0.5) is 4.79 Å². The SMILES string of the molecule is COC(=O)C1CC(NC(=O)OCc2ccccc2)CN1. The third-order valence-corrected chi connectivity index (χ3v) is 3.15. The minimum Gasteiger partial charge on any atom is -0.468 e. The van der Waals surface area contributed by atoms with Gasteiger partial charge in [0, 0.05) is 12.6 Å². The zero-order valence-corrected chi connectivity index (χ0v) is 11.3. The van der Waals surface area contributed by atoms with Crippen LogP contribution in [0.5, 0.6) is 0 Å². The summed E-state index contributed by atoms with van der Waals surface area (Å²) >= 11 is 0. The van der Waals surface area contributed by atoms with Gasteiger partial charge in [0.05, 0.1) is 7.11 Å². The van der Waals surface area contributed by atoms with Gasteiger partial charge in [0.1, 0.15) is 12.6 Å². The Hall–Kier alpha value is -2.08. The third kappa shape index (κ3) is 3.96. The Labute approximate surface area is 117 Å². The number of ether oxygens (including phenoxy) is 2. The van der Waals surface area contributed by atoms with E-state index in [1.807, 2.05) is 30.3 Å². The quantitative estimate of drug-likeness (QED) is 0.797. The Morgan fingerprint density at radius 3 is 2.80 bits per heavy atom. The molecular formula is C14H18N2O4. The molecule has 1 heterocycles. The second-order valence-electron chi connectivity index (χ2n) is 4.62. The van der Waals surface area contributed by atoms with Gasteiger partial charge in [-0.1, -0.05) is 30.3 Å². The van der Waals surface area contributed by atoms with Crippen LogP contribution in [0.3, 0.4) is 0 Å². The lowest BCUT2D eigenvalue weighted by atomic mass is 10.2. The molecule has 0 spiro atoms. The topological polar surface area (TPSA) is 76.7 Å². The maximum Gasteiger partial charge on any atom is 0.407 e. The van der Waals surface area contributed by atoms with Crippen LogP contribution in [0.25, 0.3) is 0 Å². The van der Waals surface area contributed by atoms with Crippen molar-refractivity contribution >= 4 is 12.1 Å². The van der Waals surface area contributed by atoms with E-state index < -0.39 is 6.09 Å². The Bertz CT molecular complexity index is 464. The van der Waals surface area contributed by atoms with Crippen molar-refractivity contribution in [3.05, 3.63) is 35.9 Å². The minimum absolute atomic E-state index is 0.123. The summed E-state index contributed by atoms with van der Waals surface area (Å²) in [5, 5.41) is 5.72. The fourth-order valence-corrected chi connectivity index (χ4v) is 2.10. The standard InChI is InChI=1S/C14H18N2O4/c1-19-13(17)12-7-11(8-15-12)16-14(18)20-9-10-5-3-2-4-6-10/h2-6,11-12,15H,7-9H2,1H3,(H,16,18). The first-order valence-corrected chi connectivity index (χ1v) is 6.47. The van der Waals surface area contributed by atoms with Crippen molar-refractivity contribution in [3.63, 3.8) is 0 Å². The van der Waals surface area contributed by atoms with Crippen LogP contribution in [0.15, 0.2) is 30.3 Å². The van der Waals surface area contributed by atoms with Crippen LogP contribution in [0.2, 0.25) is 0 Å². The molecular weight excluding hydrogens is 260 g/mol. The molecule has 6 nitrogen and oxygen atoms in total. The molecule has 1 amide bonds. The third-order valence-electron chi connectivity index (χ3n) is 3.15. The first-order chi connectivity index (χ1) is 9.69. The van der Waals surface area contributed by atoms with Gasteiger partial charge in [-0.25, -0.2) is 4.79 Å². The normalized spacial score (nSPS) is 21.2. The number of nitrogens with one attached hydrogen (secondary N) is 2. The highest BCUT2D eigenvalue weighted by Crippen LogP contribution is 2.08. The summed E-state index contributed by atoms with van der Waals surface area (Å²) in [6, 6.07) is 8.97. The van der Waals surface area contributed by atoms with Crippen LogP contribution < -0.4 is 10.6 Å². The van der Waals surface area contributed by atoms with Gasteiger partial charge < -0.3 is 20.1 Å². The Kier molecular flexibility index (Phi) is 4.95. The zero-order valence-electron chi connectivity index (χ0n) is 11.3. The number of esters is 1. The van der Waals surface area contributed by atoms with E-state index in [0.717, 1.165) is 5.56 Å². The molecule has 20 heavy (non-hydrogen) atoms. The van der Waals surface area contributed by atoms with Crippen LogP contribution in [-0.4, -0.2) is 37.8 Å². The summed E-state index contributed by atoms with van der Waals surface area (Å²) in [5.41, 5.74) is 0.930. The number of hydrogen-bond acceptors (Lipinski definition) is 5. The van der Waals surface area contributed by atoms with Crippen molar-refractivity contribution in [2.45, 2.75) is 25.1 Å². The van der Waals surface area contributed by atoms with Crippen LogP contribution >= 0.6 is 0 Å². The molecule has 0 aliphatic carbocycles. The Morgan fingerprint density at radius 2 is 2.10 bits per heavy atom. The molecule has 1 fully saturated rings. The number of rotatable bonds is 4. The van der Waals surface area contributed by atoms with E-state index in [0.29, 0.717) is 13.0 Å². The average molecular weight is 278 g/mol. The molecule has 1 aromatic rings. The number of alkyl carbamates (subject to hydrolysis) is 1. The molecule has 2 atom stereocenters. The molecule has 0 radical (unpaired) electrons. The van der Waals surface area contributed by atoms with Crippen LogP contribution in [0.1, 0.15) is 12.0 Å². The molecule has 108 valence electrons. The van der Waals surface area contributed by atoms with Gasteiger partial charge in [-0.15, -0.1) is 0 Å². The molecule has 0 bridgehead atoms. The number of hydrogen-bond donors (Lipinski definition) is 2. The van der Waals surface area contributed by atoms with Crippen molar-refractivity contribution < 1.29 is 19.1 Å². The summed E-state index contributed by atoms with van der Waals surface area (Å²) in [4.78, 5) is 23.0. The lowest BCUT2D eigenvalue weighted by Crippen LogP contribution is -2.36. The molecule has 6 heteroatoms. The number of amides is 1. The van der Waals surface area contributed by atoms with Gasteiger partial charge in [0.15, 0.2) is 0 Å². The largest absolute Gasteiger partial charge is 0.468 e. The zero-order chi connectivity index (χ0) is 14.4. The summed E-state index contributed by atoms with van der Waals surface area (Å²) in [5.74, 6) is -0.313. The highest BCUT2D eigenvalue weighted by atomic mass is 16.5. The lowest BCUT2D eigenvalue weighted by molar-refractivity contribution is -0.142. The lowest BCUT2D eigenvalue weighted by Gasteiger charge is -2.12. The summed E-state index contributed by atoms with van der Waals surface area (Å²) in [6.07, 6.45) is 0.0267. The fraction of sp³-hybridized carbons (Fsp3) is 0.429. The highest BCUT2D eigenvalue weighted by molar-refractivity contribution is 5.76. The van der Waals surface area contributed by atoms with Gasteiger partial charge in [-0.05, 0) is 12.0 Å². The summed E-state index contributed by atoms with van der Waals surface area (Å²) < 4.78 is 9.77. The first kappa shape index (κ1) is 14.3. The van der Waals surface area contributed by atoms with Gasteiger partial charge in [0.2, 0.25) is 0 Å². The van der Waals surface area contributed by atoms with Crippen molar-refractivity contribution in [2.24, 2.45) is 0 Å². The number of benzene rings is 1. The molecule has 1 saturated heterocycles. The van der Waals surface area contributed by atoms with E-state index in [4.69, 9.17) is 4.74 Å². The van der Waals surface area contributed by atoms with E-state index in [1.165, 1.54) is 7.11 Å². The molecule has 0 saturated carbocycles. The first-order valence-electron chi connectivity index (χ1n) is 6.47. The van der Waals surface area contributed by atoms with Crippen molar-refractivity contribution in [3.8, 4) is 0 Å². The number of methoxy groups -OCH3 is 1. The van der Waals surface area contributed by atoms with Crippen molar-refractivity contribution in [1.29, 1.82) is 0 Å². The van der Waals surface area contributed by atoms with Gasteiger partial charge in [-0.2, -0.15) is 0 Å². The Balaban J connectivity index is 1.72. The Morgan fingerprint density at radius 1 is 1.35 bits per heavy atom. The van der Waals surface area contributed by atoms with Crippen LogP contribution in [-0.2, 0) is 20.9 Å². The number of carbonyl (C=O) groups excluding carboxylic acids is 2. The smallest absolute Gasteiger partial charge is 0.407 e. The van der Waals surface area contributed by atoms with E-state index in [-0.39, 0.29) is 24.7 Å². The predicted molar refractivity (Wildman–Crippen MR) is 72.0 cm³/mol. The maximum absolute atomic E-state index is 11.6.